The van der Waals surface area contributed by atoms with Gasteiger partial charge in [-0.15, -0.1) is 0 Å². The number of hydrogen-bond acceptors (Lipinski definition) is 8. The molecule has 2 saturated carbocycles. The fourth-order valence-corrected chi connectivity index (χ4v) is 8.63. The number of aliphatic hydroxyl groups is 1. The fourth-order valence-electron chi connectivity index (χ4n) is 8.63. The summed E-state index contributed by atoms with van der Waals surface area (Å²) in [6, 6.07) is 0. The minimum Gasteiger partial charge on any atom is -0.481 e. The molecule has 0 radical (unpaired) electrons. The lowest BCUT2D eigenvalue weighted by Crippen LogP contribution is -2.64. The minimum absolute atomic E-state index is 0.0768. The smallest absolute Gasteiger partial charge is 0.306 e. The van der Waals surface area contributed by atoms with Crippen LogP contribution in [0.3, 0.4) is 0 Å². The van der Waals surface area contributed by atoms with Crippen molar-refractivity contribution in [3.05, 3.63) is 22.3 Å². The molecular weight excluding hydrogens is 528 g/mol. The van der Waals surface area contributed by atoms with Gasteiger partial charge in [0.05, 0.1) is 22.9 Å². The molecule has 0 aromatic carbocycles. The van der Waals surface area contributed by atoms with Gasteiger partial charge in [0, 0.05) is 49.2 Å². The van der Waals surface area contributed by atoms with Crippen molar-refractivity contribution in [1.29, 1.82) is 0 Å². The number of ketones is 4. The molecule has 4 aliphatic rings. The van der Waals surface area contributed by atoms with Crippen molar-refractivity contribution in [2.75, 3.05) is 0 Å². The van der Waals surface area contributed by atoms with Gasteiger partial charge in [0.2, 0.25) is 5.78 Å². The van der Waals surface area contributed by atoms with Crippen LogP contribution in [0.15, 0.2) is 22.3 Å². The average molecular weight is 571 g/mol. The topological polar surface area (TPSA) is 152 Å². The number of esters is 1. The standard InChI is InChI=1S/C32H42O9/c1-15(11-18(34)12-16(2)28(39)40)19-13-23(37)32(8)24-20(35)14-21-29(4,5)22(36)9-10-30(21,6)25(24)26(38)27(31(19,32)7)41-17(3)33/h16,21-22,27,36H,9-14H2,1-8H3,(H,39,40)/t16?,21-,22-,27+,30-,31-,32-/m0/s1. The molecular formula is C32H42O9. The van der Waals surface area contributed by atoms with E-state index in [-0.39, 0.29) is 60.1 Å². The quantitative estimate of drug-likeness (QED) is 0.357. The lowest BCUT2D eigenvalue weighted by molar-refractivity contribution is -0.168. The summed E-state index contributed by atoms with van der Waals surface area (Å²) in [6.07, 6.45) is -1.57. The maximum Gasteiger partial charge on any atom is 0.306 e. The number of allylic oxidation sites excluding steroid dienone is 2. The highest BCUT2D eigenvalue weighted by molar-refractivity contribution is 6.19. The number of carboxylic acids is 1. The zero-order valence-electron chi connectivity index (χ0n) is 25.3. The zero-order valence-corrected chi connectivity index (χ0v) is 25.3. The first-order valence-corrected chi connectivity index (χ1v) is 14.4. The molecule has 0 saturated heterocycles. The summed E-state index contributed by atoms with van der Waals surface area (Å²) in [5.74, 6) is -4.47. The van der Waals surface area contributed by atoms with Gasteiger partial charge in [0.15, 0.2) is 11.9 Å². The number of carbonyl (C=O) groups excluding carboxylic acids is 5. The largest absolute Gasteiger partial charge is 0.481 e. The summed E-state index contributed by atoms with van der Waals surface area (Å²) in [5, 5.41) is 20.1. The van der Waals surface area contributed by atoms with Crippen LogP contribution in [-0.2, 0) is 33.5 Å². The summed E-state index contributed by atoms with van der Waals surface area (Å²) in [5.41, 5.74) is -3.00. The fraction of sp³-hybridized carbons (Fsp3) is 0.688. The van der Waals surface area contributed by atoms with Crippen molar-refractivity contribution in [3.63, 3.8) is 0 Å². The van der Waals surface area contributed by atoms with Gasteiger partial charge in [-0.25, -0.2) is 0 Å². The number of carbonyl (C=O) groups is 6. The third kappa shape index (κ3) is 4.21. The van der Waals surface area contributed by atoms with Gasteiger partial charge < -0.3 is 14.9 Å². The number of rotatable bonds is 6. The average Bonchev–Trinajstić information content (AvgIpc) is 3.07. The van der Waals surface area contributed by atoms with Crippen LogP contribution in [0.2, 0.25) is 0 Å². The third-order valence-corrected chi connectivity index (χ3v) is 11.2. The molecule has 0 aromatic heterocycles. The van der Waals surface area contributed by atoms with Crippen molar-refractivity contribution in [1.82, 2.24) is 0 Å². The Balaban J connectivity index is 1.95. The Morgan fingerprint density at radius 1 is 1.02 bits per heavy atom. The monoisotopic (exact) mass is 570 g/mol. The Bertz CT molecular complexity index is 1330. The number of fused-ring (bicyclic) bond motifs is 4. The predicted octanol–water partition coefficient (Wildman–Crippen LogP) is 3.95. The molecule has 0 aromatic rings. The molecule has 4 aliphatic carbocycles. The van der Waals surface area contributed by atoms with Gasteiger partial charge in [0.1, 0.15) is 11.6 Å². The Kier molecular flexibility index (Phi) is 7.42. The van der Waals surface area contributed by atoms with Crippen LogP contribution >= 0.6 is 0 Å². The Labute approximate surface area is 240 Å². The second-order valence-electron chi connectivity index (χ2n) is 13.9. The molecule has 0 spiro atoms. The number of hydrogen-bond donors (Lipinski definition) is 2. The summed E-state index contributed by atoms with van der Waals surface area (Å²) in [7, 11) is 0. The van der Waals surface area contributed by atoms with Crippen LogP contribution in [0.1, 0.15) is 93.9 Å². The van der Waals surface area contributed by atoms with E-state index in [0.29, 0.717) is 24.0 Å². The van der Waals surface area contributed by atoms with E-state index in [9.17, 15) is 39.0 Å². The SMILES string of the molecule is CC(=O)O[C@@H]1C(=O)C2=C(C(=O)C[C@H]3C(C)(C)[C@@H](O)CC[C@]23C)[C@]2(C)C(=O)CC(=C(C)CC(=O)CC(C)C(=O)O)[C@@]12C. The van der Waals surface area contributed by atoms with Crippen molar-refractivity contribution >= 4 is 35.1 Å². The Morgan fingerprint density at radius 3 is 2.20 bits per heavy atom. The summed E-state index contributed by atoms with van der Waals surface area (Å²) in [6.45, 7) is 13.4. The second kappa shape index (κ2) is 9.82. The molecule has 2 fully saturated rings. The first kappa shape index (κ1) is 31.0. The Hall–Kier alpha value is -2.94. The normalized spacial score (nSPS) is 38.1. The molecule has 9 heteroatoms. The van der Waals surface area contributed by atoms with Crippen molar-refractivity contribution in [3.8, 4) is 0 Å². The van der Waals surface area contributed by atoms with Gasteiger partial charge in [-0.05, 0) is 38.0 Å². The summed E-state index contributed by atoms with van der Waals surface area (Å²) >= 11 is 0. The van der Waals surface area contributed by atoms with E-state index in [1.54, 1.807) is 20.8 Å². The number of ether oxygens (including phenoxy) is 1. The van der Waals surface area contributed by atoms with Crippen molar-refractivity contribution < 1.29 is 43.7 Å². The second-order valence-corrected chi connectivity index (χ2v) is 13.9. The van der Waals surface area contributed by atoms with Gasteiger partial charge in [-0.3, -0.25) is 28.8 Å². The lowest BCUT2D eigenvalue weighted by atomic mass is 9.42. The molecule has 224 valence electrons. The van der Waals surface area contributed by atoms with Crippen molar-refractivity contribution in [2.24, 2.45) is 33.5 Å². The van der Waals surface area contributed by atoms with Crippen LogP contribution in [0, 0.1) is 33.5 Å². The first-order valence-electron chi connectivity index (χ1n) is 14.4. The molecule has 0 amide bonds. The van der Waals surface area contributed by atoms with E-state index < -0.39 is 57.5 Å². The maximum absolute atomic E-state index is 14.6. The van der Waals surface area contributed by atoms with E-state index in [1.807, 2.05) is 20.8 Å². The van der Waals surface area contributed by atoms with E-state index in [0.717, 1.165) is 0 Å². The van der Waals surface area contributed by atoms with Crippen LogP contribution in [0.25, 0.3) is 0 Å². The lowest BCUT2D eigenvalue weighted by Gasteiger charge is -2.60. The zero-order chi connectivity index (χ0) is 31.0. The molecule has 7 atom stereocenters. The third-order valence-electron chi connectivity index (χ3n) is 11.2. The molecule has 9 nitrogen and oxygen atoms in total. The van der Waals surface area contributed by atoms with Gasteiger partial charge in [-0.2, -0.15) is 0 Å². The highest BCUT2D eigenvalue weighted by atomic mass is 16.5. The molecule has 0 heterocycles. The van der Waals surface area contributed by atoms with Crippen LogP contribution in [-0.4, -0.2) is 57.5 Å². The predicted molar refractivity (Wildman–Crippen MR) is 147 cm³/mol. The van der Waals surface area contributed by atoms with E-state index in [2.05, 4.69) is 0 Å². The van der Waals surface area contributed by atoms with Crippen LogP contribution in [0.4, 0.5) is 0 Å². The molecule has 2 N–H and O–H groups in total. The van der Waals surface area contributed by atoms with Crippen molar-refractivity contribution in [2.45, 2.75) is 106 Å². The highest BCUT2D eigenvalue weighted by Crippen LogP contribution is 2.69. The summed E-state index contributed by atoms with van der Waals surface area (Å²) < 4.78 is 5.77. The first-order chi connectivity index (χ1) is 18.8. The van der Waals surface area contributed by atoms with E-state index in [4.69, 9.17) is 4.74 Å². The molecule has 0 bridgehead atoms. The van der Waals surface area contributed by atoms with E-state index >= 15 is 0 Å². The number of aliphatic carboxylic acids is 1. The number of aliphatic hydroxyl groups excluding tert-OH is 1. The minimum atomic E-state index is -1.49. The van der Waals surface area contributed by atoms with Crippen LogP contribution < -0.4 is 0 Å². The molecule has 0 aliphatic heterocycles. The number of Topliss-reactive ketones (excluding diaryl/α,β-unsaturated/α-hetero) is 4. The highest BCUT2D eigenvalue weighted by Gasteiger charge is 2.73. The Morgan fingerprint density at radius 2 is 1.63 bits per heavy atom. The van der Waals surface area contributed by atoms with Gasteiger partial charge >= 0.3 is 11.9 Å². The molecule has 41 heavy (non-hydrogen) atoms. The van der Waals surface area contributed by atoms with E-state index in [1.165, 1.54) is 13.8 Å². The molecule has 4 rings (SSSR count). The summed E-state index contributed by atoms with van der Waals surface area (Å²) in [4.78, 5) is 79.3. The maximum atomic E-state index is 14.6. The molecule has 1 unspecified atom stereocenters. The number of carboxylic acid groups (broad SMARTS) is 1. The van der Waals surface area contributed by atoms with Gasteiger partial charge in [0.25, 0.3) is 0 Å². The van der Waals surface area contributed by atoms with Crippen LogP contribution in [0.5, 0.6) is 0 Å². The van der Waals surface area contributed by atoms with Gasteiger partial charge in [-0.1, -0.05) is 45.8 Å².